The summed E-state index contributed by atoms with van der Waals surface area (Å²) in [7, 11) is 0. The molecule has 1 amide bonds. The summed E-state index contributed by atoms with van der Waals surface area (Å²) < 4.78 is 0.946. The first kappa shape index (κ1) is 18.4. The minimum atomic E-state index is -0.344. The number of fused-ring (bicyclic) bond motifs is 1. The molecule has 0 N–H and O–H groups in total. The van der Waals surface area contributed by atoms with Crippen LogP contribution in [0.4, 0.5) is 5.69 Å². The third kappa shape index (κ3) is 3.20. The molecule has 1 fully saturated rings. The largest absolute Gasteiger partial charge is 0.292 e. The third-order valence-corrected chi connectivity index (χ3v) is 6.67. The number of carbonyl (C=O) groups is 1. The van der Waals surface area contributed by atoms with Gasteiger partial charge in [-0.2, -0.15) is 0 Å². The maximum Gasteiger partial charge on any atom is 0.238 e. The second-order valence-electron chi connectivity index (χ2n) is 5.70. The van der Waals surface area contributed by atoms with E-state index < -0.39 is 0 Å². The molecule has 3 aromatic rings. The van der Waals surface area contributed by atoms with Crippen molar-refractivity contribution < 1.29 is 4.79 Å². The van der Waals surface area contributed by atoms with E-state index in [2.05, 4.69) is 20.9 Å². The molecular weight excluding hydrogens is 479 g/mol. The van der Waals surface area contributed by atoms with Crippen molar-refractivity contribution in [3.05, 3.63) is 67.7 Å². The van der Waals surface area contributed by atoms with Gasteiger partial charge >= 0.3 is 0 Å². The molecule has 3 nitrogen and oxygen atoms in total. The van der Waals surface area contributed by atoms with E-state index in [1.54, 1.807) is 23.1 Å². The average molecular weight is 489 g/mol. The highest BCUT2D eigenvalue weighted by Gasteiger charge is 2.37. The Kier molecular flexibility index (Phi) is 5.10. The molecule has 2 aromatic carbocycles. The quantitative estimate of drug-likeness (QED) is 0.375. The van der Waals surface area contributed by atoms with Crippen LogP contribution in [0.25, 0.3) is 10.9 Å². The van der Waals surface area contributed by atoms with E-state index in [1.165, 1.54) is 11.8 Å². The van der Waals surface area contributed by atoms with Crippen molar-refractivity contribution in [1.29, 1.82) is 0 Å². The molecule has 1 aliphatic heterocycles. The molecule has 1 unspecified atom stereocenters. The van der Waals surface area contributed by atoms with Crippen molar-refractivity contribution in [3.63, 3.8) is 0 Å². The minimum Gasteiger partial charge on any atom is -0.292 e. The van der Waals surface area contributed by atoms with Gasteiger partial charge < -0.3 is 0 Å². The van der Waals surface area contributed by atoms with Crippen LogP contribution in [0.2, 0.25) is 15.2 Å². The molecular formula is C18H10BrCl3N2OS. The number of pyridine rings is 1. The number of hydrogen-bond acceptors (Lipinski definition) is 3. The minimum absolute atomic E-state index is 0.0691. The zero-order chi connectivity index (χ0) is 18.4. The standard InChI is InChI=1S/C18H10BrCl3N2OS/c19-10-4-5-14-9(6-10)7-11(17(22)23-14)18-24(15(25)8-26-18)16-12(20)2-1-3-13(16)21/h1-7,18H,8H2. The molecule has 0 spiro atoms. The van der Waals surface area contributed by atoms with Crippen LogP contribution in [-0.2, 0) is 4.79 Å². The molecule has 1 aliphatic rings. The number of rotatable bonds is 2. The predicted octanol–water partition coefficient (Wildman–Crippen LogP) is 6.74. The highest BCUT2D eigenvalue weighted by molar-refractivity contribution is 9.10. The Labute approximate surface area is 177 Å². The summed E-state index contributed by atoms with van der Waals surface area (Å²) in [5, 5.41) is 1.80. The molecule has 2 heterocycles. The van der Waals surface area contributed by atoms with Crippen LogP contribution in [0.3, 0.4) is 0 Å². The normalized spacial score (nSPS) is 17.3. The van der Waals surface area contributed by atoms with E-state index in [0.717, 1.165) is 20.9 Å². The van der Waals surface area contributed by atoms with Crippen LogP contribution < -0.4 is 4.90 Å². The van der Waals surface area contributed by atoms with E-state index in [1.807, 2.05) is 24.3 Å². The molecule has 4 rings (SSSR count). The summed E-state index contributed by atoms with van der Waals surface area (Å²) in [6.45, 7) is 0. The van der Waals surface area contributed by atoms with Gasteiger partial charge in [0.1, 0.15) is 10.5 Å². The third-order valence-electron chi connectivity index (χ3n) is 4.07. The number of nitrogens with zero attached hydrogens (tertiary/aromatic N) is 2. The van der Waals surface area contributed by atoms with Crippen molar-refractivity contribution in [2.45, 2.75) is 5.37 Å². The summed E-state index contributed by atoms with van der Waals surface area (Å²) >= 11 is 24.1. The van der Waals surface area contributed by atoms with Crippen LogP contribution in [0.1, 0.15) is 10.9 Å². The number of halogens is 4. The molecule has 1 atom stereocenters. The molecule has 0 saturated carbocycles. The Hall–Kier alpha value is -0.980. The second-order valence-corrected chi connectivity index (χ2v) is 8.86. The summed E-state index contributed by atoms with van der Waals surface area (Å²) in [5.41, 5.74) is 2.05. The van der Waals surface area contributed by atoms with Gasteiger partial charge in [-0.15, -0.1) is 11.8 Å². The molecule has 1 aromatic heterocycles. The number of amides is 1. The first-order valence-electron chi connectivity index (χ1n) is 7.59. The zero-order valence-corrected chi connectivity index (χ0v) is 17.7. The van der Waals surface area contributed by atoms with Gasteiger partial charge in [0, 0.05) is 15.4 Å². The van der Waals surface area contributed by atoms with Crippen molar-refractivity contribution in [1.82, 2.24) is 4.98 Å². The number of anilines is 1. The average Bonchev–Trinajstić information content (AvgIpc) is 2.96. The maximum atomic E-state index is 12.6. The first-order valence-corrected chi connectivity index (χ1v) is 10.6. The first-order chi connectivity index (χ1) is 12.5. The summed E-state index contributed by atoms with van der Waals surface area (Å²) in [5.74, 6) is 0.249. The van der Waals surface area contributed by atoms with Gasteiger partial charge in [-0.05, 0) is 36.4 Å². The zero-order valence-electron chi connectivity index (χ0n) is 13.0. The van der Waals surface area contributed by atoms with Crippen molar-refractivity contribution in [2.24, 2.45) is 0 Å². The van der Waals surface area contributed by atoms with Gasteiger partial charge in [0.05, 0.1) is 27.0 Å². The van der Waals surface area contributed by atoms with Gasteiger partial charge in [0.2, 0.25) is 5.91 Å². The van der Waals surface area contributed by atoms with E-state index in [9.17, 15) is 4.79 Å². The lowest BCUT2D eigenvalue weighted by atomic mass is 10.1. The predicted molar refractivity (Wildman–Crippen MR) is 114 cm³/mol. The number of hydrogen-bond donors (Lipinski definition) is 0. The summed E-state index contributed by atoms with van der Waals surface area (Å²) in [4.78, 5) is 18.7. The van der Waals surface area contributed by atoms with Crippen LogP contribution in [0.15, 0.2) is 46.9 Å². The van der Waals surface area contributed by atoms with E-state index in [0.29, 0.717) is 26.6 Å². The number of benzene rings is 2. The monoisotopic (exact) mass is 486 g/mol. The second kappa shape index (κ2) is 7.21. The van der Waals surface area contributed by atoms with E-state index in [-0.39, 0.29) is 11.3 Å². The van der Waals surface area contributed by atoms with Crippen molar-refractivity contribution in [2.75, 3.05) is 10.7 Å². The van der Waals surface area contributed by atoms with Crippen LogP contribution in [0, 0.1) is 0 Å². The highest BCUT2D eigenvalue weighted by atomic mass is 79.9. The van der Waals surface area contributed by atoms with Crippen LogP contribution >= 0.6 is 62.5 Å². The molecule has 1 saturated heterocycles. The lowest BCUT2D eigenvalue weighted by Crippen LogP contribution is -2.28. The highest BCUT2D eigenvalue weighted by Crippen LogP contribution is 2.48. The lowest BCUT2D eigenvalue weighted by molar-refractivity contribution is -0.115. The Balaban J connectivity index is 1.87. The molecule has 0 radical (unpaired) electrons. The van der Waals surface area contributed by atoms with Crippen LogP contribution in [-0.4, -0.2) is 16.6 Å². The number of aromatic nitrogens is 1. The van der Waals surface area contributed by atoms with Crippen molar-refractivity contribution >= 4 is 85.0 Å². The van der Waals surface area contributed by atoms with E-state index >= 15 is 0 Å². The van der Waals surface area contributed by atoms with Gasteiger partial charge in [0.15, 0.2) is 0 Å². The van der Waals surface area contributed by atoms with Gasteiger partial charge in [-0.25, -0.2) is 4.98 Å². The fraction of sp³-hybridized carbons (Fsp3) is 0.111. The number of para-hydroxylation sites is 1. The van der Waals surface area contributed by atoms with Gasteiger partial charge in [0.25, 0.3) is 0 Å². The Morgan fingerprint density at radius 1 is 1.12 bits per heavy atom. The molecule has 0 bridgehead atoms. The fourth-order valence-electron chi connectivity index (χ4n) is 2.93. The molecule has 132 valence electrons. The number of carbonyl (C=O) groups excluding carboxylic acids is 1. The smallest absolute Gasteiger partial charge is 0.238 e. The molecule has 0 aliphatic carbocycles. The lowest BCUT2D eigenvalue weighted by Gasteiger charge is -2.26. The van der Waals surface area contributed by atoms with Crippen molar-refractivity contribution in [3.8, 4) is 0 Å². The fourth-order valence-corrected chi connectivity index (χ4v) is 5.37. The maximum absolute atomic E-state index is 12.6. The Bertz CT molecular complexity index is 1030. The summed E-state index contributed by atoms with van der Waals surface area (Å²) in [6, 6.07) is 12.9. The SMILES string of the molecule is O=C1CSC(c2cc3cc(Br)ccc3nc2Cl)N1c1c(Cl)cccc1Cl. The van der Waals surface area contributed by atoms with E-state index in [4.69, 9.17) is 34.8 Å². The Morgan fingerprint density at radius 3 is 2.58 bits per heavy atom. The number of thioether (sulfide) groups is 1. The molecule has 8 heteroatoms. The molecule has 26 heavy (non-hydrogen) atoms. The van der Waals surface area contributed by atoms with Gasteiger partial charge in [-0.3, -0.25) is 9.69 Å². The summed E-state index contributed by atoms with van der Waals surface area (Å²) in [6.07, 6.45) is 0. The topological polar surface area (TPSA) is 33.2 Å². The van der Waals surface area contributed by atoms with Gasteiger partial charge in [-0.1, -0.05) is 56.8 Å². The van der Waals surface area contributed by atoms with Crippen LogP contribution in [0.5, 0.6) is 0 Å². The Morgan fingerprint density at radius 2 is 1.85 bits per heavy atom.